The van der Waals surface area contributed by atoms with Crippen molar-refractivity contribution in [2.45, 2.75) is 36.6 Å². The molecule has 0 amide bonds. The summed E-state index contributed by atoms with van der Waals surface area (Å²) < 4.78 is 14.1. The van der Waals surface area contributed by atoms with Gasteiger partial charge in [-0.25, -0.2) is 0 Å². The van der Waals surface area contributed by atoms with Crippen molar-refractivity contribution in [1.82, 2.24) is 0 Å². The predicted molar refractivity (Wildman–Crippen MR) is 94.0 cm³/mol. The van der Waals surface area contributed by atoms with Crippen molar-refractivity contribution < 1.29 is 57.2 Å². The van der Waals surface area contributed by atoms with Crippen molar-refractivity contribution in [2.24, 2.45) is 0 Å². The first-order valence-corrected chi connectivity index (χ1v) is 14.1. The maximum Gasteiger partial charge on any atom is -1.00 e. The molecule has 0 aliphatic heterocycles. The third kappa shape index (κ3) is 5.13. The second-order valence-electron chi connectivity index (χ2n) is 7.09. The number of benzene rings is 1. The van der Waals surface area contributed by atoms with Crippen LogP contribution in [0.2, 0.25) is 19.6 Å². The van der Waals surface area contributed by atoms with E-state index in [9.17, 15) is 0 Å². The Morgan fingerprint density at radius 1 is 1.12 bits per heavy atom. The fourth-order valence-electron chi connectivity index (χ4n) is 3.14. The van der Waals surface area contributed by atoms with Crippen molar-refractivity contribution in [3.05, 3.63) is 61.8 Å². The minimum absolute atomic E-state index is 0. The van der Waals surface area contributed by atoms with E-state index < -0.39 is 31.6 Å². The molecular weight excluding hydrogens is 450 g/mol. The minimum atomic E-state index is -1.60. The summed E-state index contributed by atoms with van der Waals surface area (Å²) in [7, 11) is 0.184. The molecule has 2 aliphatic rings. The number of methoxy groups -OCH3 is 1. The molecule has 1 unspecified atom stereocenters. The van der Waals surface area contributed by atoms with Crippen molar-refractivity contribution in [3.8, 4) is 0 Å². The average molecular weight is 475 g/mol. The zero-order valence-electron chi connectivity index (χ0n) is 15.3. The molecule has 25 heavy (non-hydrogen) atoms. The quantitative estimate of drug-likeness (QED) is 0.522. The summed E-state index contributed by atoms with van der Waals surface area (Å²) in [5, 5.41) is 0. The van der Waals surface area contributed by atoms with Gasteiger partial charge in [-0.3, -0.25) is 0 Å². The Labute approximate surface area is 176 Å². The summed E-state index contributed by atoms with van der Waals surface area (Å²) >= 11 is -0.796. The van der Waals surface area contributed by atoms with Gasteiger partial charge >= 0.3 is 152 Å². The van der Waals surface area contributed by atoms with Crippen LogP contribution in [0.3, 0.4) is 0 Å². The Kier molecular flexibility index (Phi) is 8.27. The van der Waals surface area contributed by atoms with Gasteiger partial charge in [0.15, 0.2) is 0 Å². The number of allylic oxidation sites excluding steroid dienone is 3. The maximum absolute atomic E-state index is 6.22. The van der Waals surface area contributed by atoms with Crippen molar-refractivity contribution in [2.75, 3.05) is 7.11 Å². The van der Waals surface area contributed by atoms with Gasteiger partial charge in [0.2, 0.25) is 0 Å². The standard InChI is InChI=1S/C10H9.C9H15O2Si.2ClH.Zr/c1-8-6-9-4-2-3-5-10(9)7-8;1-10-8-6-5-7-9(8)11-12(2,3)4;;;/h2-7H,1H3;7H,5H2,1-4H3;2*1H;/q;;;;+2/p-2. The number of ether oxygens (including phenoxy) is 1. The van der Waals surface area contributed by atoms with E-state index >= 15 is 0 Å². The average Bonchev–Trinajstić information content (AvgIpc) is 2.99. The number of fused-ring (bicyclic) bond motifs is 1. The fourth-order valence-corrected chi connectivity index (χ4v) is 8.04. The molecule has 2 aliphatic carbocycles. The molecular formula is C19H24Cl2O2SiZr. The zero-order chi connectivity index (χ0) is 16.6. The molecule has 1 aromatic rings. The summed E-state index contributed by atoms with van der Waals surface area (Å²) in [6.45, 7) is 8.94. The third-order valence-corrected chi connectivity index (χ3v) is 9.42. The van der Waals surface area contributed by atoms with E-state index in [-0.39, 0.29) is 24.8 Å². The molecule has 3 rings (SSSR count). The summed E-state index contributed by atoms with van der Waals surface area (Å²) in [6, 6.07) is 8.82. The largest absolute Gasteiger partial charge is 1.00 e. The maximum atomic E-state index is 6.22. The van der Waals surface area contributed by atoms with Crippen molar-refractivity contribution in [1.29, 1.82) is 0 Å². The van der Waals surface area contributed by atoms with Gasteiger partial charge in [0, 0.05) is 0 Å². The molecule has 0 saturated heterocycles. The summed E-state index contributed by atoms with van der Waals surface area (Å²) in [5.41, 5.74) is 4.43. The van der Waals surface area contributed by atoms with Gasteiger partial charge in [0.1, 0.15) is 0 Å². The molecule has 0 radical (unpaired) electrons. The molecule has 0 saturated carbocycles. The molecule has 0 fully saturated rings. The topological polar surface area (TPSA) is 18.5 Å². The van der Waals surface area contributed by atoms with Crippen LogP contribution in [0, 0.1) is 0 Å². The van der Waals surface area contributed by atoms with Crippen LogP contribution in [0.25, 0.3) is 6.08 Å². The monoisotopic (exact) mass is 472 g/mol. The minimum Gasteiger partial charge on any atom is -1.00 e. The first-order chi connectivity index (χ1) is 10.9. The van der Waals surface area contributed by atoms with Gasteiger partial charge in [0.25, 0.3) is 0 Å². The first kappa shape index (κ1) is 22.8. The molecule has 1 atom stereocenters. The van der Waals surface area contributed by atoms with Crippen LogP contribution in [-0.4, -0.2) is 15.4 Å². The zero-order valence-corrected chi connectivity index (χ0v) is 20.3. The van der Waals surface area contributed by atoms with Crippen LogP contribution < -0.4 is 24.8 Å². The molecule has 0 bridgehead atoms. The van der Waals surface area contributed by atoms with Gasteiger partial charge in [-0.1, -0.05) is 0 Å². The number of hydrogen-bond acceptors (Lipinski definition) is 2. The second kappa shape index (κ2) is 9.08. The summed E-state index contributed by atoms with van der Waals surface area (Å²) in [4.78, 5) is 0. The summed E-state index contributed by atoms with van der Waals surface area (Å²) in [6.07, 6.45) is 5.60. The van der Waals surface area contributed by atoms with Crippen LogP contribution in [0.5, 0.6) is 0 Å². The van der Waals surface area contributed by atoms with Gasteiger partial charge < -0.3 is 24.8 Å². The van der Waals surface area contributed by atoms with Gasteiger partial charge in [-0.05, 0) is 0 Å². The predicted octanol–water partition coefficient (Wildman–Crippen LogP) is -0.768. The smallest absolute Gasteiger partial charge is 1.00 e. The van der Waals surface area contributed by atoms with E-state index in [1.54, 1.807) is 7.11 Å². The molecule has 0 aromatic heterocycles. The second-order valence-corrected chi connectivity index (χ2v) is 15.1. The Bertz CT molecular complexity index is 720. The molecule has 0 N–H and O–H groups in total. The fraction of sp³-hybridized carbons (Fsp3) is 0.368. The molecule has 134 valence electrons. The molecule has 0 heterocycles. The number of rotatable bonds is 5. The normalized spacial score (nSPS) is 18.4. The van der Waals surface area contributed by atoms with Crippen LogP contribution >= 0.6 is 0 Å². The number of halogens is 2. The third-order valence-electron chi connectivity index (χ3n) is 4.07. The Morgan fingerprint density at radius 3 is 2.44 bits per heavy atom. The van der Waals surface area contributed by atoms with E-state index in [0.29, 0.717) is 3.63 Å². The van der Waals surface area contributed by atoms with E-state index in [1.807, 2.05) is 0 Å². The Hall–Kier alpha value is -0.280. The van der Waals surface area contributed by atoms with Crippen LogP contribution in [0.1, 0.15) is 28.1 Å². The molecule has 6 heteroatoms. The van der Waals surface area contributed by atoms with E-state index in [2.05, 4.69) is 63.0 Å². The molecule has 1 aromatic carbocycles. The Balaban J connectivity index is 0.00000156. The first-order valence-electron chi connectivity index (χ1n) is 8.09. The summed E-state index contributed by atoms with van der Waals surface area (Å²) in [5.74, 6) is 2.03. The van der Waals surface area contributed by atoms with E-state index in [4.69, 9.17) is 9.16 Å². The SMILES string of the molecule is COC1=[C]([Zr+2][CH]2C(C)=Cc3ccccc32)CC=C1O[Si](C)(C)C.[Cl-].[Cl-]. The molecule has 2 nitrogen and oxygen atoms in total. The van der Waals surface area contributed by atoms with Crippen molar-refractivity contribution >= 4 is 14.4 Å². The van der Waals surface area contributed by atoms with Crippen LogP contribution in [-0.2, 0) is 32.4 Å². The van der Waals surface area contributed by atoms with Gasteiger partial charge in [0.05, 0.1) is 0 Å². The van der Waals surface area contributed by atoms with E-state index in [1.165, 1.54) is 20.0 Å². The van der Waals surface area contributed by atoms with Crippen LogP contribution in [0.15, 0.2) is 50.7 Å². The number of hydrogen-bond donors (Lipinski definition) is 0. The van der Waals surface area contributed by atoms with Crippen LogP contribution in [0.4, 0.5) is 0 Å². The molecule has 0 spiro atoms. The van der Waals surface area contributed by atoms with E-state index in [0.717, 1.165) is 17.9 Å². The van der Waals surface area contributed by atoms with Crippen molar-refractivity contribution in [3.63, 3.8) is 0 Å². The van der Waals surface area contributed by atoms with Gasteiger partial charge in [-0.2, -0.15) is 0 Å². The Morgan fingerprint density at radius 2 is 1.80 bits per heavy atom. The van der Waals surface area contributed by atoms with Gasteiger partial charge in [-0.15, -0.1) is 0 Å².